The summed E-state index contributed by atoms with van der Waals surface area (Å²) in [4.78, 5) is 32.1. The maximum absolute atomic E-state index is 14.3. The molecule has 1 saturated heterocycles. The van der Waals surface area contributed by atoms with Gasteiger partial charge in [0.1, 0.15) is 12.2 Å². The molecule has 0 atom stereocenters. The number of alkyl halides is 3. The lowest BCUT2D eigenvalue weighted by Gasteiger charge is -2.32. The van der Waals surface area contributed by atoms with E-state index in [1.807, 2.05) is 30.3 Å². The first-order valence-corrected chi connectivity index (χ1v) is 16.5. The molecule has 4 rings (SSSR count). The number of pyridine rings is 1. The molecular weight excluding hydrogens is 650 g/mol. The van der Waals surface area contributed by atoms with Gasteiger partial charge in [0.05, 0.1) is 24.2 Å². The van der Waals surface area contributed by atoms with Crippen LogP contribution in [0.3, 0.4) is 0 Å². The number of carbonyl (C=O) groups is 2. The van der Waals surface area contributed by atoms with Gasteiger partial charge in [-0.2, -0.15) is 13.2 Å². The summed E-state index contributed by atoms with van der Waals surface area (Å²) >= 11 is 0. The van der Waals surface area contributed by atoms with E-state index in [1.54, 1.807) is 80.8 Å². The van der Waals surface area contributed by atoms with Gasteiger partial charge in [-0.3, -0.25) is 4.79 Å². The number of aromatic nitrogens is 1. The van der Waals surface area contributed by atoms with Crippen molar-refractivity contribution < 1.29 is 41.5 Å². The van der Waals surface area contributed by atoms with E-state index in [4.69, 9.17) is 18.8 Å². The fourth-order valence-electron chi connectivity index (χ4n) is 5.40. The number of hydrogen-bond donors (Lipinski definition) is 0. The van der Waals surface area contributed by atoms with Crippen LogP contribution in [0.15, 0.2) is 65.8 Å². The predicted octanol–water partition coefficient (Wildman–Crippen LogP) is 7.32. The molecule has 2 aliphatic rings. The Morgan fingerprint density at radius 1 is 1.02 bits per heavy atom. The van der Waals surface area contributed by atoms with Gasteiger partial charge in [-0.05, 0) is 94.3 Å². The molecular formula is C37H47BF3N3O6. The minimum absolute atomic E-state index is 0.0283. The lowest BCUT2D eigenvalue weighted by Crippen LogP contribution is -2.41. The smallest absolute Gasteiger partial charge is 0.476 e. The first-order chi connectivity index (χ1) is 23.2. The minimum atomic E-state index is -4.54. The van der Waals surface area contributed by atoms with Crippen LogP contribution in [0, 0.1) is 0 Å². The number of hydrogen-bond acceptors (Lipinski definition) is 7. The highest BCUT2D eigenvalue weighted by Gasteiger charge is 2.54. The number of rotatable bonds is 11. The quantitative estimate of drug-likeness (QED) is 0.180. The molecule has 0 radical (unpaired) electrons. The van der Waals surface area contributed by atoms with Crippen LogP contribution in [0.25, 0.3) is 11.6 Å². The van der Waals surface area contributed by atoms with Crippen molar-refractivity contribution in [2.45, 2.75) is 84.3 Å². The molecule has 1 aliphatic heterocycles. The monoisotopic (exact) mass is 697 g/mol. The van der Waals surface area contributed by atoms with Gasteiger partial charge in [-0.15, -0.1) is 0 Å². The first-order valence-electron chi connectivity index (χ1n) is 16.5. The van der Waals surface area contributed by atoms with Crippen LogP contribution in [0.4, 0.5) is 18.0 Å². The summed E-state index contributed by atoms with van der Waals surface area (Å²) in [7, 11) is 2.02. The van der Waals surface area contributed by atoms with Crippen LogP contribution in [0.1, 0.15) is 71.6 Å². The highest BCUT2D eigenvalue weighted by atomic mass is 19.4. The maximum Gasteiger partial charge on any atom is 0.491 e. The highest BCUT2D eigenvalue weighted by Crippen LogP contribution is 2.45. The van der Waals surface area contributed by atoms with Crippen LogP contribution >= 0.6 is 0 Å². The zero-order chi connectivity index (χ0) is 37.1. The van der Waals surface area contributed by atoms with Crippen molar-refractivity contribution >= 4 is 30.8 Å². The SMILES string of the molecule is CN(C)C(=O)/C=C/CN(CCOc1ccc(/C(C2=Cc3ccccc3C2)=C(/CC(F)(F)F)B2OC(C)(C)C(C)(C)O2)cn1)C(=O)OC(C)(C)C. The summed E-state index contributed by atoms with van der Waals surface area (Å²) in [5.74, 6) is -0.00975. The number of fused-ring (bicyclic) bond motifs is 1. The Bertz CT molecular complexity index is 1630. The van der Waals surface area contributed by atoms with Crippen LogP contribution in [-0.4, -0.2) is 90.7 Å². The van der Waals surface area contributed by atoms with E-state index < -0.39 is 42.6 Å². The summed E-state index contributed by atoms with van der Waals surface area (Å²) < 4.78 is 66.6. The normalized spacial score (nSPS) is 17.3. The molecule has 2 aromatic rings. The third-order valence-electron chi connectivity index (χ3n) is 8.65. The van der Waals surface area contributed by atoms with Gasteiger partial charge >= 0.3 is 19.4 Å². The molecule has 1 aromatic carbocycles. The number of ether oxygens (including phenoxy) is 2. The fourth-order valence-corrected chi connectivity index (χ4v) is 5.40. The van der Waals surface area contributed by atoms with Crippen molar-refractivity contribution in [1.29, 1.82) is 0 Å². The van der Waals surface area contributed by atoms with E-state index in [2.05, 4.69) is 4.98 Å². The van der Waals surface area contributed by atoms with Gasteiger partial charge in [0, 0.05) is 39.0 Å². The average Bonchev–Trinajstić information content (AvgIpc) is 3.51. The van der Waals surface area contributed by atoms with Crippen molar-refractivity contribution in [1.82, 2.24) is 14.8 Å². The number of allylic oxidation sites excluding steroid dienone is 3. The largest absolute Gasteiger partial charge is 0.491 e. The molecule has 50 heavy (non-hydrogen) atoms. The molecule has 13 heteroatoms. The van der Waals surface area contributed by atoms with Crippen molar-refractivity contribution in [3.8, 4) is 5.88 Å². The molecule has 2 heterocycles. The average molecular weight is 698 g/mol. The lowest BCUT2D eigenvalue weighted by molar-refractivity contribution is -0.126. The predicted molar refractivity (Wildman–Crippen MR) is 187 cm³/mol. The van der Waals surface area contributed by atoms with E-state index >= 15 is 0 Å². The zero-order valence-corrected chi connectivity index (χ0v) is 30.3. The molecule has 9 nitrogen and oxygen atoms in total. The fraction of sp³-hybridized carbons (Fsp3) is 0.486. The van der Waals surface area contributed by atoms with Crippen molar-refractivity contribution in [3.63, 3.8) is 0 Å². The second-order valence-corrected chi connectivity index (χ2v) is 14.6. The summed E-state index contributed by atoms with van der Waals surface area (Å²) in [6.45, 7) is 12.8. The number of nitrogens with zero attached hydrogens (tertiary/aromatic N) is 3. The van der Waals surface area contributed by atoms with E-state index in [0.29, 0.717) is 23.1 Å². The Kier molecular flexibility index (Phi) is 11.6. The molecule has 0 saturated carbocycles. The van der Waals surface area contributed by atoms with Gasteiger partial charge in [-0.25, -0.2) is 9.78 Å². The Labute approximate surface area is 293 Å². The number of amides is 2. The van der Waals surface area contributed by atoms with E-state index in [1.165, 1.54) is 22.1 Å². The highest BCUT2D eigenvalue weighted by molar-refractivity contribution is 6.56. The number of likely N-dealkylation sites (N-methyl/N-ethyl adjacent to an activating group) is 1. The molecule has 0 N–H and O–H groups in total. The Hall–Kier alpha value is -4.10. The summed E-state index contributed by atoms with van der Waals surface area (Å²) in [5.41, 5.74) is 0.989. The number of benzene rings is 1. The Morgan fingerprint density at radius 2 is 1.68 bits per heavy atom. The second-order valence-electron chi connectivity index (χ2n) is 14.6. The van der Waals surface area contributed by atoms with E-state index in [0.717, 1.165) is 11.1 Å². The second kappa shape index (κ2) is 15.0. The van der Waals surface area contributed by atoms with Crippen LogP contribution in [0.2, 0.25) is 0 Å². The standard InChI is InChI=1S/C37H47BF3N3O6/c1-34(2,3)48-33(46)44(18-12-15-31(45)43(8)9)19-20-47-30-17-16-27(24-42-30)32(28-21-25-13-10-11-14-26(25)22-28)29(23-37(39,40)41)38-49-35(4,5)36(6,7)50-38/h10-17,21,24H,18-20,22-23H2,1-9H3/b15-12+,32-29+. The van der Waals surface area contributed by atoms with Gasteiger partial charge < -0.3 is 28.6 Å². The zero-order valence-electron chi connectivity index (χ0n) is 30.3. The first kappa shape index (κ1) is 38.7. The Morgan fingerprint density at radius 3 is 2.24 bits per heavy atom. The minimum Gasteiger partial charge on any atom is -0.476 e. The summed E-state index contributed by atoms with van der Waals surface area (Å²) in [6.07, 6.45) is 0.411. The molecule has 1 fully saturated rings. The van der Waals surface area contributed by atoms with E-state index in [9.17, 15) is 22.8 Å². The van der Waals surface area contributed by atoms with Crippen molar-refractivity contribution in [2.24, 2.45) is 0 Å². The van der Waals surface area contributed by atoms with Gasteiger partial charge in [0.2, 0.25) is 11.8 Å². The maximum atomic E-state index is 14.3. The molecule has 1 aliphatic carbocycles. The summed E-state index contributed by atoms with van der Waals surface area (Å²) in [5, 5.41) is 0. The molecule has 0 bridgehead atoms. The Balaban J connectivity index is 1.62. The van der Waals surface area contributed by atoms with Gasteiger partial charge in [0.15, 0.2) is 0 Å². The van der Waals surface area contributed by atoms with Crippen LogP contribution in [0.5, 0.6) is 5.88 Å². The van der Waals surface area contributed by atoms with Crippen LogP contribution < -0.4 is 4.74 Å². The number of carbonyl (C=O) groups excluding carboxylic acids is 2. The van der Waals surface area contributed by atoms with Crippen LogP contribution in [-0.2, 0) is 25.3 Å². The van der Waals surface area contributed by atoms with Gasteiger partial charge in [0.25, 0.3) is 0 Å². The molecule has 1 aromatic heterocycles. The lowest BCUT2D eigenvalue weighted by atomic mass is 9.70. The molecule has 0 unspecified atom stereocenters. The third kappa shape index (κ3) is 10.00. The molecule has 2 amide bonds. The third-order valence-corrected chi connectivity index (χ3v) is 8.65. The molecule has 270 valence electrons. The molecule has 0 spiro atoms. The topological polar surface area (TPSA) is 90.4 Å². The number of halogens is 3. The van der Waals surface area contributed by atoms with Gasteiger partial charge in [-0.1, -0.05) is 36.4 Å². The summed E-state index contributed by atoms with van der Waals surface area (Å²) in [6, 6.07) is 10.9. The van der Waals surface area contributed by atoms with Crippen molar-refractivity contribution in [2.75, 3.05) is 33.8 Å². The van der Waals surface area contributed by atoms with E-state index in [-0.39, 0.29) is 37.0 Å². The van der Waals surface area contributed by atoms with Crippen molar-refractivity contribution in [3.05, 3.63) is 82.5 Å².